The van der Waals surface area contributed by atoms with Crippen LogP contribution < -0.4 is 22.3 Å². The predicted molar refractivity (Wildman–Crippen MR) is 56.5 cm³/mol. The van der Waals surface area contributed by atoms with Gasteiger partial charge in [0.05, 0.1) is 0 Å². The van der Waals surface area contributed by atoms with E-state index in [0.29, 0.717) is 5.30 Å². The Hall–Kier alpha value is -1.36. The minimum Gasteiger partial charge on any atom is -0.369 e. The van der Waals surface area contributed by atoms with Gasteiger partial charge in [0, 0.05) is 5.30 Å². The largest absolute Gasteiger partial charge is 0.369 e. The van der Waals surface area contributed by atoms with Crippen LogP contribution in [0, 0.1) is 5.41 Å². The lowest BCUT2D eigenvalue weighted by molar-refractivity contribution is 0.513. The second-order valence-corrected chi connectivity index (χ2v) is 3.42. The van der Waals surface area contributed by atoms with Crippen molar-refractivity contribution in [2.24, 2.45) is 11.6 Å². The number of rotatable bonds is 1. The smallest absolute Gasteiger partial charge is 0.218 e. The molecule has 0 saturated heterocycles. The molecule has 1 rings (SSSR count). The van der Waals surface area contributed by atoms with Crippen LogP contribution in [0.5, 0.6) is 0 Å². The molecule has 0 aliphatic carbocycles. The first-order chi connectivity index (χ1) is 6.57. The fourth-order valence-corrected chi connectivity index (χ4v) is 1.06. The summed E-state index contributed by atoms with van der Waals surface area (Å²) in [6.07, 6.45) is 0. The summed E-state index contributed by atoms with van der Waals surface area (Å²) in [5.41, 5.74) is 6.53. The van der Waals surface area contributed by atoms with E-state index in [1.807, 2.05) is 11.5 Å². The molecule has 0 aromatic heterocycles. The second-order valence-electron chi connectivity index (χ2n) is 2.23. The normalized spacial score (nSPS) is 10.7. The van der Waals surface area contributed by atoms with E-state index in [0.717, 1.165) is 0 Å². The van der Waals surface area contributed by atoms with E-state index in [2.05, 4.69) is 11.6 Å². The first-order valence-corrected chi connectivity index (χ1v) is 5.02. The fourth-order valence-electron chi connectivity index (χ4n) is 0.581. The number of nitrogens with one attached hydrogen (secondary N) is 2. The molecule has 7 heteroatoms. The molecule has 1 unspecified atom stereocenters. The SMILES string of the molecule is N=C(N)NN.O=[PH](O)c1ccccc1. The van der Waals surface area contributed by atoms with Crippen LogP contribution in [0.25, 0.3) is 0 Å². The fraction of sp³-hybridized carbons (Fsp3) is 0. The maximum absolute atomic E-state index is 10.4. The van der Waals surface area contributed by atoms with Gasteiger partial charge in [0.25, 0.3) is 0 Å². The molecule has 0 heterocycles. The summed E-state index contributed by atoms with van der Waals surface area (Å²) < 4.78 is 10.4. The van der Waals surface area contributed by atoms with Crippen molar-refractivity contribution in [3.63, 3.8) is 0 Å². The molecule has 1 atom stereocenters. The molecule has 1 aromatic rings. The molecule has 0 aliphatic heterocycles. The summed E-state index contributed by atoms with van der Waals surface area (Å²) in [4.78, 5) is 8.57. The van der Waals surface area contributed by atoms with E-state index < -0.39 is 8.03 Å². The number of hydrogen-bond donors (Lipinski definition) is 5. The van der Waals surface area contributed by atoms with Crippen LogP contribution in [0.4, 0.5) is 0 Å². The maximum Gasteiger partial charge on any atom is 0.218 e. The molecule has 0 saturated carbocycles. The Morgan fingerprint density at radius 3 is 2.07 bits per heavy atom. The van der Waals surface area contributed by atoms with Crippen LogP contribution >= 0.6 is 8.03 Å². The first-order valence-electron chi connectivity index (χ1n) is 3.67. The first kappa shape index (κ1) is 12.6. The van der Waals surface area contributed by atoms with Crippen LogP contribution in [0.2, 0.25) is 0 Å². The summed E-state index contributed by atoms with van der Waals surface area (Å²) in [5.74, 6) is 4.35. The molecule has 6 nitrogen and oxygen atoms in total. The van der Waals surface area contributed by atoms with Crippen LogP contribution in [-0.2, 0) is 4.57 Å². The van der Waals surface area contributed by atoms with Gasteiger partial charge in [-0.05, 0) is 12.1 Å². The molecule has 78 valence electrons. The zero-order chi connectivity index (χ0) is 11.0. The highest BCUT2D eigenvalue weighted by molar-refractivity contribution is 7.47. The van der Waals surface area contributed by atoms with Gasteiger partial charge in [0.2, 0.25) is 8.03 Å². The van der Waals surface area contributed by atoms with Crippen LogP contribution in [0.15, 0.2) is 30.3 Å². The minimum absolute atomic E-state index is 0.218. The molecule has 0 radical (unpaired) electrons. The number of hydrazine groups is 1. The predicted octanol–water partition coefficient (Wildman–Crippen LogP) is -0.878. The van der Waals surface area contributed by atoms with Gasteiger partial charge < -0.3 is 10.6 Å². The third kappa shape index (κ3) is 6.19. The van der Waals surface area contributed by atoms with Crippen molar-refractivity contribution in [1.82, 2.24) is 5.43 Å². The van der Waals surface area contributed by atoms with Crippen molar-refractivity contribution in [3.05, 3.63) is 30.3 Å². The van der Waals surface area contributed by atoms with Gasteiger partial charge in [-0.1, -0.05) is 18.2 Å². The highest BCUT2D eigenvalue weighted by Crippen LogP contribution is 2.10. The molecule has 0 spiro atoms. The van der Waals surface area contributed by atoms with E-state index >= 15 is 0 Å². The van der Waals surface area contributed by atoms with Gasteiger partial charge >= 0.3 is 0 Å². The summed E-state index contributed by atoms with van der Waals surface area (Å²) >= 11 is 0. The molecule has 0 bridgehead atoms. The Balaban J connectivity index is 0.000000292. The monoisotopic (exact) mass is 216 g/mol. The Morgan fingerprint density at radius 2 is 1.86 bits per heavy atom. The van der Waals surface area contributed by atoms with E-state index in [9.17, 15) is 4.57 Å². The van der Waals surface area contributed by atoms with Crippen molar-refractivity contribution in [2.75, 3.05) is 0 Å². The number of benzene rings is 1. The third-order valence-electron chi connectivity index (χ3n) is 1.18. The standard InChI is InChI=1S/C6H7O2P.CH6N4/c7-9(8)6-4-2-1-3-5-6;2-1(3)5-4/h1-5,9H,(H,7,8);4H2,(H4,2,3,5). The van der Waals surface area contributed by atoms with Crippen molar-refractivity contribution in [1.29, 1.82) is 5.41 Å². The van der Waals surface area contributed by atoms with Crippen molar-refractivity contribution in [2.45, 2.75) is 0 Å². The van der Waals surface area contributed by atoms with Crippen molar-refractivity contribution < 1.29 is 9.46 Å². The van der Waals surface area contributed by atoms with E-state index in [4.69, 9.17) is 10.3 Å². The van der Waals surface area contributed by atoms with E-state index in [1.165, 1.54) is 0 Å². The highest BCUT2D eigenvalue weighted by Gasteiger charge is 1.92. The quantitative estimate of drug-likeness (QED) is 0.137. The van der Waals surface area contributed by atoms with Crippen LogP contribution in [0.3, 0.4) is 0 Å². The molecule has 0 amide bonds. The summed E-state index contributed by atoms with van der Waals surface area (Å²) in [7, 11) is -2.46. The molecule has 0 aliphatic rings. The lowest BCUT2D eigenvalue weighted by Gasteiger charge is -1.90. The highest BCUT2D eigenvalue weighted by atomic mass is 31.1. The van der Waals surface area contributed by atoms with E-state index in [1.54, 1.807) is 24.3 Å². The third-order valence-corrected chi connectivity index (χ3v) is 2.00. The Bertz CT molecular complexity index is 304. The summed E-state index contributed by atoms with van der Waals surface area (Å²) in [5, 5.41) is 6.80. The zero-order valence-electron chi connectivity index (χ0n) is 7.40. The maximum atomic E-state index is 10.4. The molecule has 7 N–H and O–H groups in total. The second kappa shape index (κ2) is 7.08. The van der Waals surface area contributed by atoms with Gasteiger partial charge in [0.15, 0.2) is 5.96 Å². The van der Waals surface area contributed by atoms with Crippen LogP contribution in [0.1, 0.15) is 0 Å². The molecule has 1 aromatic carbocycles. The Labute approximate surface area is 82.3 Å². The topological polar surface area (TPSA) is 125 Å². The van der Waals surface area contributed by atoms with Gasteiger partial charge in [-0.2, -0.15) is 0 Å². The number of nitrogens with two attached hydrogens (primary N) is 2. The lowest BCUT2D eigenvalue weighted by Crippen LogP contribution is -2.35. The summed E-state index contributed by atoms with van der Waals surface area (Å²) in [6.45, 7) is 0. The van der Waals surface area contributed by atoms with Crippen molar-refractivity contribution >= 4 is 19.3 Å². The number of guanidine groups is 1. The van der Waals surface area contributed by atoms with Gasteiger partial charge in [-0.15, -0.1) is 0 Å². The van der Waals surface area contributed by atoms with Gasteiger partial charge in [0.1, 0.15) is 0 Å². The minimum atomic E-state index is -2.46. The zero-order valence-corrected chi connectivity index (χ0v) is 8.40. The summed E-state index contributed by atoms with van der Waals surface area (Å²) in [6, 6.07) is 8.58. The average Bonchev–Trinajstić information content (AvgIpc) is 2.20. The van der Waals surface area contributed by atoms with Gasteiger partial charge in [-0.3, -0.25) is 15.4 Å². The van der Waals surface area contributed by atoms with Crippen molar-refractivity contribution in [3.8, 4) is 0 Å². The molecule has 14 heavy (non-hydrogen) atoms. The molecular weight excluding hydrogens is 203 g/mol. The lowest BCUT2D eigenvalue weighted by atomic mass is 10.4. The molecule has 0 fully saturated rings. The average molecular weight is 216 g/mol. The van der Waals surface area contributed by atoms with Gasteiger partial charge in [-0.25, -0.2) is 5.84 Å². The van der Waals surface area contributed by atoms with E-state index in [-0.39, 0.29) is 5.96 Å². The Kier molecular flexibility index (Phi) is 6.39. The number of hydrogen-bond acceptors (Lipinski definition) is 3. The van der Waals surface area contributed by atoms with Crippen LogP contribution in [-0.4, -0.2) is 10.9 Å². The Morgan fingerprint density at radius 1 is 1.43 bits per heavy atom. The molecular formula is C7H13N4O2P.